The van der Waals surface area contributed by atoms with Gasteiger partial charge in [-0.15, -0.1) is 9.46 Å². The van der Waals surface area contributed by atoms with Crippen LogP contribution in [0.4, 0.5) is 5.69 Å². The number of ether oxygens (including phenoxy) is 4. The lowest BCUT2D eigenvalue weighted by Crippen LogP contribution is -2.49. The number of halogens is 1. The van der Waals surface area contributed by atoms with Crippen LogP contribution in [-0.2, 0) is 33.5 Å². The number of carbonyl (C=O) groups is 2. The predicted octanol–water partition coefficient (Wildman–Crippen LogP) is 6.60. The van der Waals surface area contributed by atoms with E-state index in [-0.39, 0.29) is 46.1 Å². The Hall–Kier alpha value is -4.92. The molecule has 15 heteroatoms. The summed E-state index contributed by atoms with van der Waals surface area (Å²) < 4.78 is 48.1. The van der Waals surface area contributed by atoms with Crippen LogP contribution in [0.1, 0.15) is 64.4 Å². The number of methoxy groups -OCH3 is 2. The number of aryl methyl sites for hydroxylation is 2. The zero-order chi connectivity index (χ0) is 40.6. The number of nitrogens with one attached hydrogen (secondary N) is 1. The summed E-state index contributed by atoms with van der Waals surface area (Å²) in [6.07, 6.45) is 11.0. The fourth-order valence-corrected chi connectivity index (χ4v) is 11.1. The van der Waals surface area contributed by atoms with Gasteiger partial charge < -0.3 is 23.8 Å². The lowest BCUT2D eigenvalue weighted by molar-refractivity contribution is 0.0126. The highest BCUT2D eigenvalue weighted by Crippen LogP contribution is 2.47. The van der Waals surface area contributed by atoms with Gasteiger partial charge in [0.25, 0.3) is 11.8 Å². The largest absolute Gasteiger partial charge is 0.490 e. The zero-order valence-electron chi connectivity index (χ0n) is 33.1. The molecule has 4 heterocycles. The van der Waals surface area contributed by atoms with E-state index in [0.29, 0.717) is 31.3 Å². The van der Waals surface area contributed by atoms with Gasteiger partial charge >= 0.3 is 0 Å². The van der Waals surface area contributed by atoms with E-state index in [1.165, 1.54) is 29.1 Å². The molecule has 2 aromatic carbocycles. The number of benzene rings is 2. The first-order valence-corrected chi connectivity index (χ1v) is 21.8. The van der Waals surface area contributed by atoms with Crippen molar-refractivity contribution in [1.29, 1.82) is 0 Å². The molecule has 2 aliphatic carbocycles. The molecule has 2 bridgehead atoms. The van der Waals surface area contributed by atoms with Crippen molar-refractivity contribution in [3.05, 3.63) is 106 Å². The summed E-state index contributed by atoms with van der Waals surface area (Å²) in [5, 5.41) is 4.90. The monoisotopic (exact) mass is 828 g/mol. The van der Waals surface area contributed by atoms with E-state index >= 15 is 4.21 Å². The van der Waals surface area contributed by atoms with Crippen LogP contribution < -0.4 is 23.8 Å². The van der Waals surface area contributed by atoms with Crippen molar-refractivity contribution in [2.75, 3.05) is 44.6 Å². The Morgan fingerprint density at radius 1 is 1.09 bits per heavy atom. The van der Waals surface area contributed by atoms with Gasteiger partial charge in [-0.05, 0) is 97.5 Å². The molecule has 0 saturated heterocycles. The number of anilines is 1. The van der Waals surface area contributed by atoms with Gasteiger partial charge in [-0.1, -0.05) is 36.7 Å². The van der Waals surface area contributed by atoms with Gasteiger partial charge in [-0.3, -0.25) is 19.0 Å². The molecule has 1 unspecified atom stereocenters. The smallest absolute Gasteiger partial charge is 0.286 e. The number of rotatable bonds is 6. The highest BCUT2D eigenvalue weighted by atomic mass is 35.5. The molecule has 1 fully saturated rings. The summed E-state index contributed by atoms with van der Waals surface area (Å²) in [6.45, 7) is 3.68. The summed E-state index contributed by atoms with van der Waals surface area (Å²) in [5.74, 6) is -0.686. The Labute approximate surface area is 344 Å². The van der Waals surface area contributed by atoms with Crippen LogP contribution in [0, 0.1) is 17.8 Å². The summed E-state index contributed by atoms with van der Waals surface area (Å²) in [6, 6.07) is 16.8. The van der Waals surface area contributed by atoms with E-state index < -0.39 is 33.8 Å². The number of hydrogen-bond donors (Lipinski definition) is 1. The molecule has 4 aromatic rings. The van der Waals surface area contributed by atoms with E-state index in [0.717, 1.165) is 42.8 Å². The minimum atomic E-state index is -3.82. The number of nitrogens with zero attached hydrogens (tertiary/aromatic N) is 5. The van der Waals surface area contributed by atoms with Gasteiger partial charge in [-0.2, -0.15) is 0 Å². The number of fused-ring (bicyclic) bond motifs is 4. The van der Waals surface area contributed by atoms with Crippen LogP contribution in [-0.4, -0.2) is 82.7 Å². The average Bonchev–Trinajstić information content (AvgIpc) is 3.52. The van der Waals surface area contributed by atoms with Gasteiger partial charge in [0, 0.05) is 67.6 Å². The second kappa shape index (κ2) is 16.4. The molecule has 1 saturated carbocycles. The molecule has 2 aromatic heterocycles. The molecule has 2 aliphatic heterocycles. The third kappa shape index (κ3) is 8.06. The van der Waals surface area contributed by atoms with Crippen LogP contribution in [0.15, 0.2) is 83.5 Å². The minimum Gasteiger partial charge on any atom is -0.490 e. The highest BCUT2D eigenvalue weighted by molar-refractivity contribution is 7.92. The molecular formula is C43H49ClN6O7S. The number of aromatic nitrogens is 3. The van der Waals surface area contributed by atoms with E-state index in [4.69, 9.17) is 30.5 Å². The zero-order valence-corrected chi connectivity index (χ0v) is 34.7. The normalized spacial score (nSPS) is 28.2. The SMILES string of the molecule is COc1nn(C)cc1C(=O)NS1(=O)=NC(=O)c2ccc3c(c2)N(C[C@@H]2CC[C@H]2[C@@H](OC)C=C[C@H](Oc2ccccn2)[C@H](C)C1)C[C@@]1(CCCc2cc(Cl)ccc21)CO3. The average molecular weight is 829 g/mol. The number of hydrogen-bond acceptors (Lipinski definition) is 10. The van der Waals surface area contributed by atoms with Crippen molar-refractivity contribution in [2.24, 2.45) is 29.2 Å². The summed E-state index contributed by atoms with van der Waals surface area (Å²) in [7, 11) is 0.936. The van der Waals surface area contributed by atoms with Gasteiger partial charge in [0.1, 0.15) is 27.3 Å². The maximum Gasteiger partial charge on any atom is 0.286 e. The van der Waals surface area contributed by atoms with Gasteiger partial charge in [0.15, 0.2) is 0 Å². The molecule has 58 heavy (non-hydrogen) atoms. The quantitative estimate of drug-likeness (QED) is 0.211. The molecular weight excluding hydrogens is 780 g/mol. The molecule has 2 amide bonds. The summed E-state index contributed by atoms with van der Waals surface area (Å²) in [5.41, 5.74) is 3.21. The van der Waals surface area contributed by atoms with Crippen molar-refractivity contribution < 1.29 is 32.7 Å². The minimum absolute atomic E-state index is 0.0436. The molecule has 1 spiro atoms. The van der Waals surface area contributed by atoms with Crippen molar-refractivity contribution in [1.82, 2.24) is 19.5 Å². The van der Waals surface area contributed by atoms with Gasteiger partial charge in [0.05, 0.1) is 31.3 Å². The van der Waals surface area contributed by atoms with E-state index in [1.807, 2.05) is 31.2 Å². The predicted molar refractivity (Wildman–Crippen MR) is 221 cm³/mol. The number of pyridine rings is 1. The van der Waals surface area contributed by atoms with Crippen molar-refractivity contribution in [2.45, 2.75) is 56.7 Å². The van der Waals surface area contributed by atoms with Gasteiger partial charge in [-0.25, -0.2) is 9.19 Å². The van der Waals surface area contributed by atoms with Crippen LogP contribution in [0.3, 0.4) is 0 Å². The second-order valence-electron chi connectivity index (χ2n) is 16.0. The highest BCUT2D eigenvalue weighted by Gasteiger charge is 2.44. The van der Waals surface area contributed by atoms with E-state index in [2.05, 4.69) is 36.2 Å². The topological polar surface area (TPSA) is 146 Å². The van der Waals surface area contributed by atoms with Crippen molar-refractivity contribution in [3.63, 3.8) is 0 Å². The molecule has 4 aliphatic rings. The van der Waals surface area contributed by atoms with Crippen LogP contribution in [0.25, 0.3) is 0 Å². The molecule has 306 valence electrons. The lowest BCUT2D eigenvalue weighted by atomic mass is 9.68. The van der Waals surface area contributed by atoms with Crippen molar-refractivity contribution in [3.8, 4) is 17.5 Å². The summed E-state index contributed by atoms with van der Waals surface area (Å²) in [4.78, 5) is 34.9. The Morgan fingerprint density at radius 3 is 2.69 bits per heavy atom. The van der Waals surface area contributed by atoms with Crippen molar-refractivity contribution >= 4 is 39.0 Å². The third-order valence-corrected chi connectivity index (χ3v) is 14.2. The number of amides is 2. The van der Waals surface area contributed by atoms with Crippen LogP contribution >= 0.6 is 11.6 Å². The molecule has 8 rings (SSSR count). The van der Waals surface area contributed by atoms with Crippen LogP contribution in [0.2, 0.25) is 5.02 Å². The third-order valence-electron chi connectivity index (χ3n) is 12.1. The second-order valence-corrected chi connectivity index (χ2v) is 18.4. The molecule has 0 radical (unpaired) electrons. The van der Waals surface area contributed by atoms with E-state index in [1.54, 1.807) is 50.7 Å². The Morgan fingerprint density at radius 2 is 1.93 bits per heavy atom. The van der Waals surface area contributed by atoms with Gasteiger partial charge in [0.2, 0.25) is 11.8 Å². The Balaban J connectivity index is 1.23. The molecule has 1 N–H and O–H groups in total. The maximum absolute atomic E-state index is 15.1. The standard InChI is InChI=1S/C43H49ClN6O7S/c1-27-24-58(53,48-41(52)33-23-49(2)46-42(33)55-4)47-40(51)29-11-15-38-35(21-29)50(25-43(26-56-38)18-7-8-28-20-31(44)12-14-34(28)43)22-30-10-13-32(30)37(54-3)17-16-36(27)57-39-9-5-6-19-45-39/h5-6,9,11-12,14-17,19-21,23,27,30,32,36-37H,7-8,10,13,18,22,24-26H2,1-4H3,(H,47,48,51,52,53)/t27-,30+,32-,36+,37+,43+,58?/m1/s1. The lowest BCUT2D eigenvalue weighted by Gasteiger charge is -2.46. The maximum atomic E-state index is 15.1. The number of carbonyl (C=O) groups excluding carboxylic acids is 2. The first kappa shape index (κ1) is 39.9. The first-order valence-electron chi connectivity index (χ1n) is 19.7. The molecule has 7 atom stereocenters. The fraction of sp³-hybridized carbons (Fsp3) is 0.442. The summed E-state index contributed by atoms with van der Waals surface area (Å²) >= 11 is 6.49. The Bertz CT molecular complexity index is 2350. The molecule has 13 nitrogen and oxygen atoms in total. The first-order chi connectivity index (χ1) is 28.0. The Kier molecular flexibility index (Phi) is 11.3. The van der Waals surface area contributed by atoms with E-state index in [9.17, 15) is 9.59 Å². The van der Waals surface area contributed by atoms with Crippen LogP contribution in [0.5, 0.6) is 17.5 Å². The fourth-order valence-electron chi connectivity index (χ4n) is 9.01.